The van der Waals surface area contributed by atoms with Gasteiger partial charge in [-0.25, -0.2) is 0 Å². The molecule has 0 saturated carbocycles. The van der Waals surface area contributed by atoms with E-state index < -0.39 is 11.9 Å². The van der Waals surface area contributed by atoms with Crippen LogP contribution in [0.4, 0.5) is 8.78 Å². The summed E-state index contributed by atoms with van der Waals surface area (Å²) in [6, 6.07) is 6.91. The maximum absolute atomic E-state index is 12.1. The predicted molar refractivity (Wildman–Crippen MR) is 53.7 cm³/mol. The van der Waals surface area contributed by atoms with E-state index >= 15 is 0 Å². The first kappa shape index (κ1) is 11.5. The first-order chi connectivity index (χ1) is 6.59. The summed E-state index contributed by atoms with van der Waals surface area (Å²) in [4.78, 5) is 0.545. The van der Waals surface area contributed by atoms with E-state index in [1.807, 2.05) is 0 Å². The van der Waals surface area contributed by atoms with Gasteiger partial charge in [0.25, 0.3) is 5.76 Å². The number of benzene rings is 1. The number of aliphatic hydroxyl groups excluding tert-OH is 1. The molecule has 0 fully saturated rings. The van der Waals surface area contributed by atoms with Gasteiger partial charge in [0.05, 0.1) is 6.10 Å². The highest BCUT2D eigenvalue weighted by atomic mass is 32.2. The summed E-state index contributed by atoms with van der Waals surface area (Å²) in [6.07, 6.45) is -0.0926. The van der Waals surface area contributed by atoms with Gasteiger partial charge in [-0.2, -0.15) is 8.78 Å². The molecule has 0 heterocycles. The molecule has 1 unspecified atom stereocenters. The van der Waals surface area contributed by atoms with Crippen molar-refractivity contribution >= 4 is 11.8 Å². The molecule has 1 atom stereocenters. The fourth-order valence-electron chi connectivity index (χ4n) is 1.20. The standard InChI is InChI=1S/C10H12F2OS/c1-7(13)6-8-4-2-3-5-9(8)14-10(11)12/h2-5,7,10,13H,6H2,1H3. The van der Waals surface area contributed by atoms with Crippen molar-refractivity contribution in [1.29, 1.82) is 0 Å². The molecule has 78 valence electrons. The highest BCUT2D eigenvalue weighted by Crippen LogP contribution is 2.28. The van der Waals surface area contributed by atoms with Gasteiger partial charge in [-0.3, -0.25) is 0 Å². The van der Waals surface area contributed by atoms with Gasteiger partial charge in [-0.05, 0) is 25.0 Å². The zero-order chi connectivity index (χ0) is 10.6. The lowest BCUT2D eigenvalue weighted by Crippen LogP contribution is -2.05. The molecule has 0 radical (unpaired) electrons. The van der Waals surface area contributed by atoms with Crippen LogP contribution in [0.5, 0.6) is 0 Å². The average molecular weight is 218 g/mol. The molecule has 0 saturated heterocycles. The Morgan fingerprint density at radius 2 is 2.00 bits per heavy atom. The molecule has 0 amide bonds. The number of hydrogen-bond donors (Lipinski definition) is 1. The third kappa shape index (κ3) is 3.64. The third-order valence-electron chi connectivity index (χ3n) is 1.70. The summed E-state index contributed by atoms with van der Waals surface area (Å²) in [5.74, 6) is -2.41. The molecule has 0 aliphatic heterocycles. The zero-order valence-electron chi connectivity index (χ0n) is 7.78. The summed E-state index contributed by atoms with van der Waals surface area (Å²) < 4.78 is 24.3. The monoisotopic (exact) mass is 218 g/mol. The van der Waals surface area contributed by atoms with Gasteiger partial charge in [0.15, 0.2) is 0 Å². The van der Waals surface area contributed by atoms with E-state index in [1.165, 1.54) is 0 Å². The smallest absolute Gasteiger partial charge is 0.288 e. The Morgan fingerprint density at radius 3 is 2.57 bits per heavy atom. The Kier molecular flexibility index (Phi) is 4.35. The molecular weight excluding hydrogens is 206 g/mol. The summed E-state index contributed by atoms with van der Waals surface area (Å²) in [5, 5.41) is 9.17. The van der Waals surface area contributed by atoms with E-state index in [4.69, 9.17) is 5.11 Å². The van der Waals surface area contributed by atoms with Crippen LogP contribution in [-0.2, 0) is 6.42 Å². The number of rotatable bonds is 4. The first-order valence-corrected chi connectivity index (χ1v) is 5.18. The second-order valence-corrected chi connectivity index (χ2v) is 4.07. The topological polar surface area (TPSA) is 20.2 Å². The van der Waals surface area contributed by atoms with Gasteiger partial charge >= 0.3 is 0 Å². The van der Waals surface area contributed by atoms with Crippen molar-refractivity contribution in [3.05, 3.63) is 29.8 Å². The van der Waals surface area contributed by atoms with Crippen molar-refractivity contribution in [2.24, 2.45) is 0 Å². The molecular formula is C10H12F2OS. The predicted octanol–water partition coefficient (Wildman–Crippen LogP) is 2.92. The number of halogens is 2. The van der Waals surface area contributed by atoms with Gasteiger partial charge in [-0.1, -0.05) is 30.0 Å². The number of alkyl halides is 2. The van der Waals surface area contributed by atoms with Gasteiger partial charge < -0.3 is 5.11 Å². The third-order valence-corrected chi connectivity index (χ3v) is 2.53. The lowest BCUT2D eigenvalue weighted by molar-refractivity contribution is 0.194. The van der Waals surface area contributed by atoms with Crippen LogP contribution in [0.1, 0.15) is 12.5 Å². The largest absolute Gasteiger partial charge is 0.393 e. The molecule has 1 aromatic carbocycles. The maximum Gasteiger partial charge on any atom is 0.288 e. The molecule has 0 spiro atoms. The normalized spacial score (nSPS) is 13.2. The van der Waals surface area contributed by atoms with Crippen LogP contribution in [0.3, 0.4) is 0 Å². The summed E-state index contributed by atoms with van der Waals surface area (Å²) >= 11 is 0.523. The molecule has 1 nitrogen and oxygen atoms in total. The highest BCUT2D eigenvalue weighted by Gasteiger charge is 2.10. The van der Waals surface area contributed by atoms with E-state index in [2.05, 4.69) is 0 Å². The molecule has 1 aromatic rings. The molecule has 0 bridgehead atoms. The summed E-state index contributed by atoms with van der Waals surface area (Å²) in [5.41, 5.74) is 0.771. The van der Waals surface area contributed by atoms with Crippen molar-refractivity contribution in [2.45, 2.75) is 30.1 Å². The van der Waals surface area contributed by atoms with Crippen LogP contribution in [0.15, 0.2) is 29.2 Å². The maximum atomic E-state index is 12.1. The second kappa shape index (κ2) is 5.32. The quantitative estimate of drug-likeness (QED) is 0.784. The Morgan fingerprint density at radius 1 is 1.36 bits per heavy atom. The van der Waals surface area contributed by atoms with E-state index in [9.17, 15) is 8.78 Å². The Labute approximate surface area is 86.1 Å². The van der Waals surface area contributed by atoms with Crippen molar-refractivity contribution in [3.8, 4) is 0 Å². The van der Waals surface area contributed by atoms with Gasteiger partial charge in [0.2, 0.25) is 0 Å². The number of aliphatic hydroxyl groups is 1. The molecule has 0 aliphatic carbocycles. The number of thioether (sulfide) groups is 1. The van der Waals surface area contributed by atoms with Gasteiger partial charge in [-0.15, -0.1) is 0 Å². The Bertz CT molecular complexity index is 260. The van der Waals surface area contributed by atoms with Crippen molar-refractivity contribution in [2.75, 3.05) is 0 Å². The lowest BCUT2D eigenvalue weighted by atomic mass is 10.1. The minimum atomic E-state index is -2.41. The van der Waals surface area contributed by atoms with Crippen molar-refractivity contribution in [3.63, 3.8) is 0 Å². The number of hydrogen-bond acceptors (Lipinski definition) is 2. The van der Waals surface area contributed by atoms with Crippen molar-refractivity contribution < 1.29 is 13.9 Å². The molecule has 0 aliphatic rings. The average Bonchev–Trinajstić information content (AvgIpc) is 2.06. The fraction of sp³-hybridized carbons (Fsp3) is 0.400. The minimum Gasteiger partial charge on any atom is -0.393 e. The van der Waals surface area contributed by atoms with E-state index in [0.717, 1.165) is 5.56 Å². The summed E-state index contributed by atoms with van der Waals surface area (Å²) in [6.45, 7) is 1.64. The van der Waals surface area contributed by atoms with Gasteiger partial charge in [0.1, 0.15) is 0 Å². The Balaban J connectivity index is 2.80. The van der Waals surface area contributed by atoms with Crippen LogP contribution in [-0.4, -0.2) is 17.0 Å². The molecule has 1 rings (SSSR count). The van der Waals surface area contributed by atoms with E-state index in [0.29, 0.717) is 23.1 Å². The highest BCUT2D eigenvalue weighted by molar-refractivity contribution is 7.99. The van der Waals surface area contributed by atoms with Crippen LogP contribution in [0.25, 0.3) is 0 Å². The van der Waals surface area contributed by atoms with Gasteiger partial charge in [0, 0.05) is 4.90 Å². The first-order valence-electron chi connectivity index (χ1n) is 4.30. The van der Waals surface area contributed by atoms with Crippen LogP contribution < -0.4 is 0 Å². The Hall–Kier alpha value is -0.610. The second-order valence-electron chi connectivity index (χ2n) is 3.04. The van der Waals surface area contributed by atoms with Crippen LogP contribution in [0.2, 0.25) is 0 Å². The van der Waals surface area contributed by atoms with Crippen molar-refractivity contribution in [1.82, 2.24) is 0 Å². The molecule has 14 heavy (non-hydrogen) atoms. The van der Waals surface area contributed by atoms with Crippen LogP contribution in [0, 0.1) is 0 Å². The SMILES string of the molecule is CC(O)Cc1ccccc1SC(F)F. The minimum absolute atomic E-state index is 0.413. The van der Waals surface area contributed by atoms with E-state index in [1.54, 1.807) is 31.2 Å². The molecule has 1 N–H and O–H groups in total. The van der Waals surface area contributed by atoms with E-state index in [-0.39, 0.29) is 0 Å². The molecule has 0 aromatic heterocycles. The fourth-order valence-corrected chi connectivity index (χ4v) is 1.85. The van der Waals surface area contributed by atoms with Crippen LogP contribution >= 0.6 is 11.8 Å². The lowest BCUT2D eigenvalue weighted by Gasteiger charge is -2.09. The summed E-state index contributed by atoms with van der Waals surface area (Å²) in [7, 11) is 0. The zero-order valence-corrected chi connectivity index (χ0v) is 8.60. The molecule has 4 heteroatoms.